The fraction of sp³-hybridized carbons (Fsp3) is 0. The lowest BCUT2D eigenvalue weighted by Crippen LogP contribution is -2.12. The van der Waals surface area contributed by atoms with Gasteiger partial charge in [-0.05, 0) is 11.6 Å². The Kier molecular flexibility index (Phi) is 2.28. The summed E-state index contributed by atoms with van der Waals surface area (Å²) in [5.74, 6) is 0.333. The summed E-state index contributed by atoms with van der Waals surface area (Å²) >= 11 is 5.59. The van der Waals surface area contributed by atoms with Crippen LogP contribution in [0.15, 0.2) is 35.1 Å². The van der Waals surface area contributed by atoms with E-state index in [0.717, 1.165) is 5.56 Å². The molecule has 0 aliphatic carbocycles. The fourth-order valence-electron chi connectivity index (χ4n) is 1.07. The molecular weight excluding hydrogens is 202 g/mol. The number of hydrogen-bond acceptors (Lipinski definition) is 3. The summed E-state index contributed by atoms with van der Waals surface area (Å²) in [6.45, 7) is 0. The van der Waals surface area contributed by atoms with Gasteiger partial charge >= 0.3 is 5.69 Å². The summed E-state index contributed by atoms with van der Waals surface area (Å²) in [5.41, 5.74) is 0.268. The second-order valence-electron chi connectivity index (χ2n) is 2.63. The average Bonchev–Trinajstić information content (AvgIpc) is 2.18. The summed E-state index contributed by atoms with van der Waals surface area (Å²) in [6.07, 6.45) is 0. The van der Waals surface area contributed by atoms with Crippen molar-refractivity contribution in [3.05, 3.63) is 46.1 Å². The maximum absolute atomic E-state index is 11.0. The Bertz CT molecular complexity index is 495. The molecule has 0 amide bonds. The molecule has 70 valence electrons. The summed E-state index contributed by atoms with van der Waals surface area (Å²) in [5, 5.41) is 0.0452. The Morgan fingerprint density at radius 2 is 1.86 bits per heavy atom. The largest absolute Gasteiger partial charge is 0.349 e. The molecule has 14 heavy (non-hydrogen) atoms. The molecule has 0 radical (unpaired) electrons. The number of nitrogens with zero attached hydrogens (tertiary/aromatic N) is 2. The van der Waals surface area contributed by atoms with Crippen LogP contribution in [0.4, 0.5) is 0 Å². The van der Waals surface area contributed by atoms with E-state index in [4.69, 9.17) is 11.6 Å². The first-order chi connectivity index (χ1) is 6.75. The van der Waals surface area contributed by atoms with Crippen molar-refractivity contribution in [2.45, 2.75) is 0 Å². The van der Waals surface area contributed by atoms with Crippen LogP contribution in [-0.2, 0) is 0 Å². The normalized spacial score (nSPS) is 10.1. The van der Waals surface area contributed by atoms with Crippen LogP contribution < -0.4 is 5.69 Å². The van der Waals surface area contributed by atoms with Gasteiger partial charge in [-0.2, -0.15) is 9.97 Å². The Morgan fingerprint density at radius 3 is 2.50 bits per heavy atom. The standard InChI is InChI=1S/C9H6ClN3O/c10-8-11-7(12-9(14)13-8)6-4-2-1-3-5-6/h1-5H,(H,11,12,13,14). The average molecular weight is 208 g/mol. The highest BCUT2D eigenvalue weighted by Gasteiger charge is 2.02. The van der Waals surface area contributed by atoms with Gasteiger partial charge in [-0.1, -0.05) is 30.3 Å². The number of H-pyrrole nitrogens is 1. The highest BCUT2D eigenvalue weighted by Crippen LogP contribution is 2.12. The van der Waals surface area contributed by atoms with Gasteiger partial charge in [0.2, 0.25) is 5.28 Å². The van der Waals surface area contributed by atoms with Crippen LogP contribution in [0.1, 0.15) is 0 Å². The first-order valence-corrected chi connectivity index (χ1v) is 4.33. The third kappa shape index (κ3) is 1.80. The van der Waals surface area contributed by atoms with E-state index in [1.807, 2.05) is 30.3 Å². The van der Waals surface area contributed by atoms with Gasteiger partial charge in [0.1, 0.15) is 0 Å². The number of hydrogen-bond donors (Lipinski definition) is 1. The number of halogens is 1. The molecule has 0 fully saturated rings. The lowest BCUT2D eigenvalue weighted by atomic mass is 10.2. The molecule has 0 aliphatic rings. The fourth-order valence-corrected chi connectivity index (χ4v) is 1.24. The zero-order valence-corrected chi connectivity index (χ0v) is 7.82. The molecule has 1 aromatic heterocycles. The van der Waals surface area contributed by atoms with Gasteiger partial charge in [0.15, 0.2) is 5.82 Å². The Balaban J connectivity index is 2.58. The molecule has 0 saturated carbocycles. The van der Waals surface area contributed by atoms with Gasteiger partial charge < -0.3 is 0 Å². The molecule has 1 aromatic carbocycles. The minimum atomic E-state index is -0.496. The maximum atomic E-state index is 11.0. The predicted octanol–water partition coefficient (Wildman–Crippen LogP) is 1.49. The van der Waals surface area contributed by atoms with E-state index >= 15 is 0 Å². The van der Waals surface area contributed by atoms with Crippen molar-refractivity contribution < 1.29 is 0 Å². The minimum Gasteiger partial charge on any atom is -0.280 e. The second-order valence-corrected chi connectivity index (χ2v) is 2.99. The Labute approximate surface area is 84.6 Å². The van der Waals surface area contributed by atoms with Crippen molar-refractivity contribution >= 4 is 11.6 Å². The molecular formula is C9H6ClN3O. The highest BCUT2D eigenvalue weighted by molar-refractivity contribution is 6.28. The molecule has 0 unspecified atom stereocenters. The van der Waals surface area contributed by atoms with Crippen LogP contribution in [0, 0.1) is 0 Å². The quantitative estimate of drug-likeness (QED) is 0.771. The lowest BCUT2D eigenvalue weighted by molar-refractivity contribution is 0.995. The SMILES string of the molecule is O=c1nc(-c2ccccc2)nc(Cl)[nH]1. The first-order valence-electron chi connectivity index (χ1n) is 3.95. The molecule has 0 bridgehead atoms. The molecule has 1 heterocycles. The number of nitrogens with one attached hydrogen (secondary N) is 1. The molecule has 4 nitrogen and oxygen atoms in total. The van der Waals surface area contributed by atoms with Crippen molar-refractivity contribution in [2.75, 3.05) is 0 Å². The number of benzene rings is 1. The molecule has 2 aromatic rings. The van der Waals surface area contributed by atoms with E-state index in [0.29, 0.717) is 5.82 Å². The van der Waals surface area contributed by atoms with Crippen LogP contribution in [0.3, 0.4) is 0 Å². The van der Waals surface area contributed by atoms with E-state index in [1.165, 1.54) is 0 Å². The molecule has 2 rings (SSSR count). The topological polar surface area (TPSA) is 58.6 Å². The van der Waals surface area contributed by atoms with Crippen LogP contribution in [0.2, 0.25) is 5.28 Å². The molecule has 5 heteroatoms. The van der Waals surface area contributed by atoms with Crippen LogP contribution in [0.5, 0.6) is 0 Å². The summed E-state index contributed by atoms with van der Waals surface area (Å²) in [7, 11) is 0. The van der Waals surface area contributed by atoms with Gasteiger partial charge in [-0.3, -0.25) is 4.98 Å². The third-order valence-corrected chi connectivity index (χ3v) is 1.83. The van der Waals surface area contributed by atoms with E-state index < -0.39 is 5.69 Å². The van der Waals surface area contributed by atoms with Crippen molar-refractivity contribution in [3.8, 4) is 11.4 Å². The van der Waals surface area contributed by atoms with E-state index in [9.17, 15) is 4.79 Å². The van der Waals surface area contributed by atoms with Crippen molar-refractivity contribution in [1.82, 2.24) is 15.0 Å². The highest BCUT2D eigenvalue weighted by atomic mass is 35.5. The van der Waals surface area contributed by atoms with Crippen molar-refractivity contribution in [1.29, 1.82) is 0 Å². The second kappa shape index (κ2) is 3.59. The van der Waals surface area contributed by atoms with Gasteiger partial charge in [0, 0.05) is 5.56 Å². The van der Waals surface area contributed by atoms with Crippen LogP contribution in [-0.4, -0.2) is 15.0 Å². The van der Waals surface area contributed by atoms with Gasteiger partial charge in [-0.15, -0.1) is 0 Å². The summed E-state index contributed by atoms with van der Waals surface area (Å²) in [4.78, 5) is 20.9. The zero-order valence-electron chi connectivity index (χ0n) is 7.07. The Hall–Kier alpha value is -1.68. The van der Waals surface area contributed by atoms with Gasteiger partial charge in [0.05, 0.1) is 0 Å². The summed E-state index contributed by atoms with van der Waals surface area (Å²) < 4.78 is 0. The first kappa shape index (κ1) is 8.90. The molecule has 1 N–H and O–H groups in total. The molecule has 0 spiro atoms. The number of rotatable bonds is 1. The molecule has 0 aliphatic heterocycles. The van der Waals surface area contributed by atoms with E-state index in [1.54, 1.807) is 0 Å². The monoisotopic (exact) mass is 207 g/mol. The van der Waals surface area contributed by atoms with Crippen LogP contribution >= 0.6 is 11.6 Å². The predicted molar refractivity (Wildman–Crippen MR) is 53.1 cm³/mol. The van der Waals surface area contributed by atoms with Crippen molar-refractivity contribution in [2.24, 2.45) is 0 Å². The van der Waals surface area contributed by atoms with Crippen LogP contribution in [0.25, 0.3) is 11.4 Å². The number of aromatic nitrogens is 3. The lowest BCUT2D eigenvalue weighted by Gasteiger charge is -1.97. The smallest absolute Gasteiger partial charge is 0.280 e. The van der Waals surface area contributed by atoms with Gasteiger partial charge in [-0.25, -0.2) is 4.79 Å². The Morgan fingerprint density at radius 1 is 1.14 bits per heavy atom. The summed E-state index contributed by atoms with van der Waals surface area (Å²) in [6, 6.07) is 9.18. The third-order valence-electron chi connectivity index (χ3n) is 1.65. The molecule has 0 saturated heterocycles. The van der Waals surface area contributed by atoms with E-state index in [2.05, 4.69) is 15.0 Å². The number of aromatic amines is 1. The zero-order chi connectivity index (χ0) is 9.97. The minimum absolute atomic E-state index is 0.0452. The van der Waals surface area contributed by atoms with Crippen molar-refractivity contribution in [3.63, 3.8) is 0 Å². The van der Waals surface area contributed by atoms with Gasteiger partial charge in [0.25, 0.3) is 0 Å². The molecule has 0 atom stereocenters. The van der Waals surface area contributed by atoms with E-state index in [-0.39, 0.29) is 5.28 Å². The maximum Gasteiger partial charge on any atom is 0.349 e.